The number of para-hydroxylation sites is 1. The SMILES string of the molecule is Cc1cc([N+](=O)[O-])ccc1S(=O)(=O)n1nnc2ccccc21. The van der Waals surface area contributed by atoms with Crippen LogP contribution in [0, 0.1) is 17.0 Å². The molecule has 3 aromatic rings. The lowest BCUT2D eigenvalue weighted by molar-refractivity contribution is -0.385. The lowest BCUT2D eigenvalue weighted by Crippen LogP contribution is -2.16. The molecule has 9 heteroatoms. The van der Waals surface area contributed by atoms with Crippen LogP contribution in [0.5, 0.6) is 0 Å². The molecule has 8 nitrogen and oxygen atoms in total. The lowest BCUT2D eigenvalue weighted by Gasteiger charge is -2.07. The molecule has 0 radical (unpaired) electrons. The number of non-ortho nitro benzene ring substituents is 1. The number of fused-ring (bicyclic) bond motifs is 1. The van der Waals surface area contributed by atoms with E-state index in [0.29, 0.717) is 11.0 Å². The molecule has 0 unspecified atom stereocenters. The second-order valence-corrected chi connectivity index (χ2v) is 6.37. The predicted molar refractivity (Wildman–Crippen MR) is 77.9 cm³/mol. The van der Waals surface area contributed by atoms with Crippen LogP contribution in [0.1, 0.15) is 5.56 Å². The molecule has 3 rings (SSSR count). The summed E-state index contributed by atoms with van der Waals surface area (Å²) in [7, 11) is -3.97. The molecule has 0 N–H and O–H groups in total. The van der Waals surface area contributed by atoms with Gasteiger partial charge in [0.2, 0.25) is 0 Å². The monoisotopic (exact) mass is 318 g/mol. The van der Waals surface area contributed by atoms with Gasteiger partial charge in [0.15, 0.2) is 0 Å². The standard InChI is InChI=1S/C13H10N4O4S/c1-9-8-10(17(18)19)6-7-13(9)22(20,21)16-12-5-3-2-4-11(12)14-15-16/h2-8H,1H3. The Labute approximate surface area is 125 Å². The summed E-state index contributed by atoms with van der Waals surface area (Å²) >= 11 is 0. The van der Waals surface area contributed by atoms with Crippen molar-refractivity contribution in [3.8, 4) is 0 Å². The number of hydrogen-bond acceptors (Lipinski definition) is 6. The van der Waals surface area contributed by atoms with Crippen LogP contribution in [-0.2, 0) is 10.0 Å². The van der Waals surface area contributed by atoms with Crippen LogP contribution in [0.15, 0.2) is 47.4 Å². The van der Waals surface area contributed by atoms with Crippen molar-refractivity contribution in [2.45, 2.75) is 11.8 Å². The minimum absolute atomic E-state index is 0.0475. The first kappa shape index (κ1) is 14.1. The van der Waals surface area contributed by atoms with Crippen LogP contribution >= 0.6 is 0 Å². The van der Waals surface area contributed by atoms with Gasteiger partial charge in [-0.1, -0.05) is 17.3 Å². The quantitative estimate of drug-likeness (QED) is 0.539. The largest absolute Gasteiger partial charge is 0.285 e. The number of aromatic nitrogens is 3. The number of nitro groups is 1. The van der Waals surface area contributed by atoms with E-state index in [1.165, 1.54) is 19.1 Å². The first-order valence-corrected chi connectivity index (χ1v) is 7.66. The van der Waals surface area contributed by atoms with Crippen LogP contribution in [0.25, 0.3) is 11.0 Å². The molecular formula is C13H10N4O4S. The number of nitrogens with zero attached hydrogens (tertiary/aromatic N) is 4. The third-order valence-corrected chi connectivity index (χ3v) is 4.94. The van der Waals surface area contributed by atoms with Gasteiger partial charge in [-0.15, -0.1) is 9.19 Å². The Morgan fingerprint density at radius 1 is 1.18 bits per heavy atom. The minimum atomic E-state index is -3.97. The highest BCUT2D eigenvalue weighted by Crippen LogP contribution is 2.24. The Balaban J connectivity index is 2.20. The molecule has 0 amide bonds. The fourth-order valence-corrected chi connectivity index (χ4v) is 3.59. The minimum Gasteiger partial charge on any atom is -0.258 e. The smallest absolute Gasteiger partial charge is 0.258 e. The van der Waals surface area contributed by atoms with E-state index in [2.05, 4.69) is 10.3 Å². The molecular weight excluding hydrogens is 308 g/mol. The van der Waals surface area contributed by atoms with E-state index in [0.717, 1.165) is 10.2 Å². The van der Waals surface area contributed by atoms with E-state index in [9.17, 15) is 18.5 Å². The van der Waals surface area contributed by atoms with Gasteiger partial charge in [-0.3, -0.25) is 10.1 Å². The van der Waals surface area contributed by atoms with Crippen molar-refractivity contribution in [3.05, 3.63) is 58.1 Å². The molecule has 0 fully saturated rings. The number of rotatable bonds is 3. The van der Waals surface area contributed by atoms with Gasteiger partial charge in [0.05, 0.1) is 9.82 Å². The van der Waals surface area contributed by atoms with Gasteiger partial charge in [0.25, 0.3) is 15.7 Å². The molecule has 1 aromatic heterocycles. The maximum atomic E-state index is 12.7. The van der Waals surface area contributed by atoms with Gasteiger partial charge in [0.1, 0.15) is 11.0 Å². The molecule has 0 aliphatic rings. The molecule has 22 heavy (non-hydrogen) atoms. The first-order valence-electron chi connectivity index (χ1n) is 6.22. The predicted octanol–water partition coefficient (Wildman–Crippen LogP) is 1.88. The number of aryl methyl sites for hydroxylation is 1. The zero-order chi connectivity index (χ0) is 15.9. The molecule has 0 aliphatic heterocycles. The van der Waals surface area contributed by atoms with Crippen molar-refractivity contribution >= 4 is 26.7 Å². The van der Waals surface area contributed by atoms with Crippen LogP contribution in [0.3, 0.4) is 0 Å². The molecule has 0 aliphatic carbocycles. The fourth-order valence-electron chi connectivity index (χ4n) is 2.15. The van der Waals surface area contributed by atoms with E-state index >= 15 is 0 Å². The molecule has 2 aromatic carbocycles. The van der Waals surface area contributed by atoms with Crippen LogP contribution in [0.2, 0.25) is 0 Å². The summed E-state index contributed by atoms with van der Waals surface area (Å²) in [6, 6.07) is 10.2. The van der Waals surface area contributed by atoms with E-state index in [4.69, 9.17) is 0 Å². The molecule has 0 atom stereocenters. The second kappa shape index (κ2) is 4.88. The fraction of sp³-hybridized carbons (Fsp3) is 0.0769. The molecule has 0 spiro atoms. The highest BCUT2D eigenvalue weighted by molar-refractivity contribution is 7.90. The zero-order valence-corrected chi connectivity index (χ0v) is 12.2. The van der Waals surface area contributed by atoms with Crippen molar-refractivity contribution in [3.63, 3.8) is 0 Å². The zero-order valence-electron chi connectivity index (χ0n) is 11.4. The third-order valence-electron chi connectivity index (χ3n) is 3.20. The molecule has 0 saturated carbocycles. The summed E-state index contributed by atoms with van der Waals surface area (Å²) in [5, 5.41) is 18.2. The number of benzene rings is 2. The van der Waals surface area contributed by atoms with Crippen molar-refractivity contribution in [2.75, 3.05) is 0 Å². The molecule has 0 saturated heterocycles. The van der Waals surface area contributed by atoms with Gasteiger partial charge in [-0.05, 0) is 30.7 Å². The van der Waals surface area contributed by atoms with Crippen LogP contribution in [0.4, 0.5) is 5.69 Å². The lowest BCUT2D eigenvalue weighted by atomic mass is 10.2. The molecule has 0 bridgehead atoms. The topological polar surface area (TPSA) is 108 Å². The van der Waals surface area contributed by atoms with Crippen molar-refractivity contribution in [2.24, 2.45) is 0 Å². The molecule has 112 valence electrons. The van der Waals surface area contributed by atoms with Gasteiger partial charge in [-0.25, -0.2) is 0 Å². The number of nitro benzene ring substituents is 1. The van der Waals surface area contributed by atoms with E-state index in [1.54, 1.807) is 24.3 Å². The highest BCUT2D eigenvalue weighted by atomic mass is 32.2. The van der Waals surface area contributed by atoms with Crippen LogP contribution < -0.4 is 0 Å². The van der Waals surface area contributed by atoms with Gasteiger partial charge in [0, 0.05) is 12.1 Å². The van der Waals surface area contributed by atoms with Crippen molar-refractivity contribution in [1.29, 1.82) is 0 Å². The summed E-state index contributed by atoms with van der Waals surface area (Å²) in [5.74, 6) is 0. The normalized spacial score (nSPS) is 11.7. The summed E-state index contributed by atoms with van der Waals surface area (Å²) in [5.41, 5.74) is 0.902. The van der Waals surface area contributed by atoms with Gasteiger partial charge in [-0.2, -0.15) is 8.42 Å². The second-order valence-electron chi connectivity index (χ2n) is 4.63. The van der Waals surface area contributed by atoms with Crippen LogP contribution in [-0.4, -0.2) is 27.7 Å². The van der Waals surface area contributed by atoms with Gasteiger partial charge < -0.3 is 0 Å². The molecule has 1 heterocycles. The van der Waals surface area contributed by atoms with Gasteiger partial charge >= 0.3 is 0 Å². The maximum absolute atomic E-state index is 12.7. The maximum Gasteiger partial charge on any atom is 0.285 e. The summed E-state index contributed by atoms with van der Waals surface area (Å²) in [6.45, 7) is 1.50. The van der Waals surface area contributed by atoms with Crippen molar-refractivity contribution < 1.29 is 13.3 Å². The Morgan fingerprint density at radius 3 is 2.59 bits per heavy atom. The summed E-state index contributed by atoms with van der Waals surface area (Å²) in [4.78, 5) is 10.1. The average Bonchev–Trinajstić information content (AvgIpc) is 2.91. The average molecular weight is 318 g/mol. The van der Waals surface area contributed by atoms with E-state index in [1.807, 2.05) is 0 Å². The van der Waals surface area contributed by atoms with E-state index < -0.39 is 14.9 Å². The number of hydrogen-bond donors (Lipinski definition) is 0. The third kappa shape index (κ3) is 2.11. The Morgan fingerprint density at radius 2 is 1.91 bits per heavy atom. The highest BCUT2D eigenvalue weighted by Gasteiger charge is 2.24. The Bertz CT molecular complexity index is 994. The van der Waals surface area contributed by atoms with Crippen molar-refractivity contribution in [1.82, 2.24) is 14.4 Å². The Kier molecular flexibility index (Phi) is 3.14. The Hall–Kier alpha value is -2.81. The first-order chi connectivity index (χ1) is 10.4. The summed E-state index contributed by atoms with van der Waals surface area (Å²) in [6.07, 6.45) is 0. The summed E-state index contributed by atoms with van der Waals surface area (Å²) < 4.78 is 26.2. The van der Waals surface area contributed by atoms with E-state index in [-0.39, 0.29) is 16.1 Å².